The molecule has 0 radical (unpaired) electrons. The number of sulfone groups is 1. The summed E-state index contributed by atoms with van der Waals surface area (Å²) in [7, 11) is -3.60. The van der Waals surface area contributed by atoms with Gasteiger partial charge in [-0.05, 0) is 17.7 Å². The molecule has 0 atom stereocenters. The molecule has 0 spiro atoms. The van der Waals surface area contributed by atoms with Crippen molar-refractivity contribution in [2.45, 2.75) is 23.8 Å². The number of hydrogen-bond donors (Lipinski definition) is 1. The summed E-state index contributed by atoms with van der Waals surface area (Å²) in [6, 6.07) is 3.55. The van der Waals surface area contributed by atoms with Crippen LogP contribution in [0.2, 0.25) is 0 Å². The molecule has 1 aromatic rings. The highest BCUT2D eigenvalue weighted by molar-refractivity contribution is 7.91. The maximum Gasteiger partial charge on any atom is 0.275 e. The molecule has 1 heterocycles. The number of hydrogen-bond acceptors (Lipinski definition) is 3. The first-order valence-corrected chi connectivity index (χ1v) is 6.37. The Hall–Kier alpha value is -1.01. The molecule has 1 aliphatic rings. The van der Waals surface area contributed by atoms with Crippen LogP contribution < -0.4 is 0 Å². The smallest absolute Gasteiger partial charge is 0.275 e. The van der Waals surface area contributed by atoms with Crippen molar-refractivity contribution in [3.8, 4) is 0 Å². The number of fused-ring (bicyclic) bond motifs is 1. The van der Waals surface area contributed by atoms with E-state index in [1.807, 2.05) is 0 Å². The van der Waals surface area contributed by atoms with Crippen molar-refractivity contribution in [3.63, 3.8) is 0 Å². The summed E-state index contributed by atoms with van der Waals surface area (Å²) in [4.78, 5) is -0.319. The summed E-state index contributed by atoms with van der Waals surface area (Å²) in [5.74, 6) is -3.67. The van der Waals surface area contributed by atoms with E-state index in [2.05, 4.69) is 0 Å². The quantitative estimate of drug-likeness (QED) is 0.818. The van der Waals surface area contributed by atoms with Crippen LogP contribution in [-0.2, 0) is 22.4 Å². The Morgan fingerprint density at radius 2 is 2.06 bits per heavy atom. The van der Waals surface area contributed by atoms with Gasteiger partial charge in [0.2, 0.25) is 0 Å². The zero-order chi connectivity index (χ0) is 12.0. The van der Waals surface area contributed by atoms with Crippen molar-refractivity contribution in [1.82, 2.24) is 0 Å². The fraction of sp³-hybridized carbons (Fsp3) is 0.400. The van der Waals surface area contributed by atoms with E-state index in [0.29, 0.717) is 0 Å². The second kappa shape index (κ2) is 3.49. The van der Waals surface area contributed by atoms with E-state index < -0.39 is 33.5 Å². The molecule has 88 valence electrons. The van der Waals surface area contributed by atoms with Gasteiger partial charge in [-0.25, -0.2) is 17.2 Å². The third-order valence-electron chi connectivity index (χ3n) is 2.64. The highest BCUT2D eigenvalue weighted by atomic mass is 32.2. The molecule has 0 saturated carbocycles. The first-order valence-electron chi connectivity index (χ1n) is 4.72. The van der Waals surface area contributed by atoms with Crippen molar-refractivity contribution in [3.05, 3.63) is 29.3 Å². The normalized spacial score (nSPS) is 21.4. The Morgan fingerprint density at radius 3 is 2.69 bits per heavy atom. The molecule has 0 unspecified atom stereocenters. The molecule has 0 saturated heterocycles. The Labute approximate surface area is 91.6 Å². The number of rotatable bonds is 1. The zero-order valence-electron chi connectivity index (χ0n) is 8.28. The lowest BCUT2D eigenvalue weighted by Gasteiger charge is -2.25. The third-order valence-corrected chi connectivity index (χ3v) is 4.41. The van der Waals surface area contributed by atoms with Crippen molar-refractivity contribution in [1.29, 1.82) is 0 Å². The van der Waals surface area contributed by atoms with Gasteiger partial charge in [0.25, 0.3) is 5.92 Å². The van der Waals surface area contributed by atoms with Gasteiger partial charge in [0.1, 0.15) is 0 Å². The van der Waals surface area contributed by atoms with Crippen LogP contribution in [0.25, 0.3) is 0 Å². The fourth-order valence-corrected chi connectivity index (χ4v) is 3.30. The molecule has 0 bridgehead atoms. The molecule has 1 N–H and O–H groups in total. The Balaban J connectivity index is 2.70. The minimum atomic E-state index is -3.60. The third kappa shape index (κ3) is 1.72. The van der Waals surface area contributed by atoms with Crippen LogP contribution in [0.3, 0.4) is 0 Å². The molecule has 0 aromatic heterocycles. The standard InChI is InChI=1S/C10H10F2O3S/c11-10(12)3-4-16(14,15)9-2-1-7(6-13)5-8(9)10/h1-2,5,13H,3-4,6H2. The molecular formula is C10H10F2O3S. The molecule has 1 aliphatic heterocycles. The van der Waals surface area contributed by atoms with Crippen molar-refractivity contribution in [2.75, 3.05) is 5.75 Å². The largest absolute Gasteiger partial charge is 0.392 e. The molecule has 6 heteroatoms. The fourth-order valence-electron chi connectivity index (χ4n) is 1.74. The minimum absolute atomic E-state index is 0.288. The maximum absolute atomic E-state index is 13.5. The van der Waals surface area contributed by atoms with Crippen LogP contribution in [-0.4, -0.2) is 19.3 Å². The molecule has 3 nitrogen and oxygen atoms in total. The van der Waals surface area contributed by atoms with Crippen molar-refractivity contribution < 1.29 is 22.3 Å². The van der Waals surface area contributed by atoms with Gasteiger partial charge in [-0.1, -0.05) is 6.07 Å². The predicted molar refractivity (Wildman–Crippen MR) is 52.9 cm³/mol. The van der Waals surface area contributed by atoms with Crippen molar-refractivity contribution in [2.24, 2.45) is 0 Å². The molecular weight excluding hydrogens is 238 g/mol. The summed E-state index contributed by atoms with van der Waals surface area (Å²) in [5, 5.41) is 8.85. The minimum Gasteiger partial charge on any atom is -0.392 e. The van der Waals surface area contributed by atoms with Gasteiger partial charge >= 0.3 is 0 Å². The van der Waals surface area contributed by atoms with E-state index in [4.69, 9.17) is 5.11 Å². The highest BCUT2D eigenvalue weighted by Gasteiger charge is 2.42. The predicted octanol–water partition coefficient (Wildman–Crippen LogP) is 1.45. The average Bonchev–Trinajstić information content (AvgIpc) is 2.24. The van der Waals surface area contributed by atoms with Crippen LogP contribution in [0, 0.1) is 0 Å². The zero-order valence-corrected chi connectivity index (χ0v) is 9.10. The van der Waals surface area contributed by atoms with Crippen molar-refractivity contribution >= 4 is 9.84 Å². The number of halogens is 2. The SMILES string of the molecule is O=S1(=O)CCC(F)(F)c2cc(CO)ccc21. The second-order valence-electron chi connectivity index (χ2n) is 3.76. The Morgan fingerprint density at radius 1 is 1.38 bits per heavy atom. The molecule has 0 fully saturated rings. The lowest BCUT2D eigenvalue weighted by molar-refractivity contribution is -0.0128. The van der Waals surface area contributed by atoms with Gasteiger partial charge in [0.15, 0.2) is 9.84 Å². The first kappa shape index (κ1) is 11.5. The van der Waals surface area contributed by atoms with Crippen LogP contribution in [0.1, 0.15) is 17.5 Å². The summed E-state index contributed by atoms with van der Waals surface area (Å²) in [6.07, 6.45) is -0.697. The van der Waals surface area contributed by atoms with E-state index in [9.17, 15) is 17.2 Å². The molecule has 1 aromatic carbocycles. The van der Waals surface area contributed by atoms with E-state index in [1.54, 1.807) is 0 Å². The summed E-state index contributed by atoms with van der Waals surface area (Å²) in [5.41, 5.74) is -0.208. The Bertz CT molecular complexity index is 523. The van der Waals surface area contributed by atoms with Crippen LogP contribution in [0.5, 0.6) is 0 Å². The summed E-state index contributed by atoms with van der Waals surface area (Å²) >= 11 is 0. The van der Waals surface area contributed by atoms with Gasteiger partial charge in [-0.15, -0.1) is 0 Å². The lowest BCUT2D eigenvalue weighted by atomic mass is 10.0. The molecule has 0 aliphatic carbocycles. The van der Waals surface area contributed by atoms with Gasteiger partial charge in [-0.2, -0.15) is 0 Å². The van der Waals surface area contributed by atoms with Gasteiger partial charge < -0.3 is 5.11 Å². The monoisotopic (exact) mass is 248 g/mol. The number of aliphatic hydroxyl groups excluding tert-OH is 1. The van der Waals surface area contributed by atoms with Crippen LogP contribution in [0.4, 0.5) is 8.78 Å². The topological polar surface area (TPSA) is 54.4 Å². The maximum atomic E-state index is 13.5. The number of benzene rings is 1. The molecule has 2 rings (SSSR count). The Kier molecular flexibility index (Phi) is 2.51. The average molecular weight is 248 g/mol. The number of alkyl halides is 2. The summed E-state index contributed by atoms with van der Waals surface area (Å²) < 4.78 is 50.2. The van der Waals surface area contributed by atoms with Crippen LogP contribution >= 0.6 is 0 Å². The van der Waals surface area contributed by atoms with Gasteiger partial charge in [0, 0.05) is 12.0 Å². The second-order valence-corrected chi connectivity index (χ2v) is 5.84. The number of aliphatic hydroxyl groups is 1. The first-order chi connectivity index (χ1) is 7.37. The van der Waals surface area contributed by atoms with E-state index >= 15 is 0 Å². The van der Waals surface area contributed by atoms with E-state index in [-0.39, 0.29) is 17.1 Å². The highest BCUT2D eigenvalue weighted by Crippen LogP contribution is 2.41. The molecule has 0 amide bonds. The van der Waals surface area contributed by atoms with Gasteiger partial charge in [-0.3, -0.25) is 0 Å². The van der Waals surface area contributed by atoms with E-state index in [1.165, 1.54) is 6.07 Å². The van der Waals surface area contributed by atoms with E-state index in [0.717, 1.165) is 12.1 Å². The summed E-state index contributed by atoms with van der Waals surface area (Å²) in [6.45, 7) is -0.386. The molecule has 16 heavy (non-hydrogen) atoms. The lowest BCUT2D eigenvalue weighted by Crippen LogP contribution is -2.28. The van der Waals surface area contributed by atoms with Gasteiger partial charge in [0.05, 0.1) is 17.3 Å². The van der Waals surface area contributed by atoms with Crippen LogP contribution in [0.15, 0.2) is 23.1 Å².